The number of pyridine rings is 1. The van der Waals surface area contributed by atoms with Crippen LogP contribution in [0.5, 0.6) is 0 Å². The third kappa shape index (κ3) is 10.7. The summed E-state index contributed by atoms with van der Waals surface area (Å²) < 4.78 is 40.1. The number of quaternary nitrogens is 1. The number of carbonyl (C=O) groups excluding carboxylic acids is 2. The molecule has 234 valence electrons. The number of alkyl halides is 3. The summed E-state index contributed by atoms with van der Waals surface area (Å²) in [5.74, 6) is -0.715. The molecule has 3 aromatic rings. The number of aromatic nitrogens is 1. The van der Waals surface area contributed by atoms with Crippen molar-refractivity contribution in [1.29, 1.82) is 0 Å². The standard InChI is InChI=1S/C33H44F3N5O2/c1-4-5-17-41(3,19-16-38-2)18-8-10-28(37)32(43)40-30(21-24-12-14-27(15-13-24)33(34,35)36)31(42)22-25-20-26-9-6-7-11-29(26)39-23-25/h6-7,9,11-15,20,23,28,30,38H,4-5,8,10,16-19,21-22,37H2,1-3H3/p+1/t28-,30-,41?/m0/s1. The van der Waals surface area contributed by atoms with Gasteiger partial charge in [-0.2, -0.15) is 13.2 Å². The van der Waals surface area contributed by atoms with Crippen molar-refractivity contribution >= 4 is 22.6 Å². The van der Waals surface area contributed by atoms with Gasteiger partial charge < -0.3 is 20.9 Å². The van der Waals surface area contributed by atoms with Gasteiger partial charge >= 0.3 is 6.18 Å². The van der Waals surface area contributed by atoms with Gasteiger partial charge in [-0.25, -0.2) is 0 Å². The lowest BCUT2D eigenvalue weighted by atomic mass is 9.96. The number of halogens is 3. The second-order valence-electron chi connectivity index (χ2n) is 11.6. The zero-order valence-electron chi connectivity index (χ0n) is 25.4. The van der Waals surface area contributed by atoms with Crippen LogP contribution in [0, 0.1) is 0 Å². The van der Waals surface area contributed by atoms with Crippen molar-refractivity contribution in [1.82, 2.24) is 15.6 Å². The van der Waals surface area contributed by atoms with E-state index in [-0.39, 0.29) is 18.6 Å². The predicted octanol–water partition coefficient (Wildman–Crippen LogP) is 4.67. The van der Waals surface area contributed by atoms with Crippen molar-refractivity contribution in [3.05, 3.63) is 77.5 Å². The van der Waals surface area contributed by atoms with Gasteiger partial charge in [-0.15, -0.1) is 0 Å². The molecule has 0 aliphatic rings. The van der Waals surface area contributed by atoms with Crippen LogP contribution in [0.15, 0.2) is 60.8 Å². The smallest absolute Gasteiger partial charge is 0.345 e. The molecule has 3 rings (SSSR count). The van der Waals surface area contributed by atoms with Gasteiger partial charge in [-0.05, 0) is 68.1 Å². The molecular formula is C33H45F3N5O2+. The van der Waals surface area contributed by atoms with E-state index in [9.17, 15) is 22.8 Å². The summed E-state index contributed by atoms with van der Waals surface area (Å²) in [5, 5.41) is 6.91. The number of hydrogen-bond donors (Lipinski definition) is 3. The molecule has 2 aromatic carbocycles. The van der Waals surface area contributed by atoms with E-state index < -0.39 is 29.7 Å². The van der Waals surface area contributed by atoms with Crippen LogP contribution in [-0.4, -0.2) is 73.5 Å². The lowest BCUT2D eigenvalue weighted by Gasteiger charge is -2.35. The monoisotopic (exact) mass is 600 g/mol. The fourth-order valence-electron chi connectivity index (χ4n) is 5.21. The Balaban J connectivity index is 1.70. The number of nitrogens with one attached hydrogen (secondary N) is 2. The summed E-state index contributed by atoms with van der Waals surface area (Å²) >= 11 is 0. The molecule has 0 fully saturated rings. The number of fused-ring (bicyclic) bond motifs is 1. The SMILES string of the molecule is CCCC[N+](C)(CCC[C@H](N)C(=O)N[C@@H](Cc1ccc(C(F)(F)F)cc1)C(=O)Cc1cnc2ccccc2c1)CCNC. The Kier molecular flexibility index (Phi) is 12.7. The number of hydrogen-bond acceptors (Lipinski definition) is 5. The minimum atomic E-state index is -4.46. The van der Waals surface area contributed by atoms with Crippen LogP contribution in [0.1, 0.15) is 49.3 Å². The number of likely N-dealkylation sites (N-methyl/N-ethyl adjacent to an activating group) is 2. The van der Waals surface area contributed by atoms with Crippen LogP contribution in [-0.2, 0) is 28.6 Å². The number of nitrogens with zero attached hydrogens (tertiary/aromatic N) is 2. The van der Waals surface area contributed by atoms with Gasteiger partial charge in [0.1, 0.15) is 0 Å². The van der Waals surface area contributed by atoms with Gasteiger partial charge in [-0.3, -0.25) is 14.6 Å². The van der Waals surface area contributed by atoms with Crippen molar-refractivity contribution < 1.29 is 27.2 Å². The summed E-state index contributed by atoms with van der Waals surface area (Å²) in [6.45, 7) is 5.97. The maximum Gasteiger partial charge on any atom is 0.416 e. The van der Waals surface area contributed by atoms with Gasteiger partial charge in [0, 0.05) is 24.5 Å². The lowest BCUT2D eigenvalue weighted by Crippen LogP contribution is -2.51. The number of Topliss-reactive ketones (excluding diaryl/α,β-unsaturated/α-hetero) is 1. The summed E-state index contributed by atoms with van der Waals surface area (Å²) in [5.41, 5.74) is 7.51. The maximum absolute atomic E-state index is 13.5. The summed E-state index contributed by atoms with van der Waals surface area (Å²) in [6.07, 6.45) is 0.664. The Labute approximate surface area is 252 Å². The zero-order valence-corrected chi connectivity index (χ0v) is 25.4. The van der Waals surface area contributed by atoms with E-state index in [0.717, 1.165) is 73.0 Å². The number of unbranched alkanes of at least 4 members (excludes halogenated alkanes) is 1. The first-order chi connectivity index (χ1) is 20.4. The van der Waals surface area contributed by atoms with Crippen molar-refractivity contribution in [2.24, 2.45) is 5.73 Å². The third-order valence-electron chi connectivity index (χ3n) is 7.95. The Morgan fingerprint density at radius 3 is 2.37 bits per heavy atom. The Morgan fingerprint density at radius 1 is 1.00 bits per heavy atom. The summed E-state index contributed by atoms with van der Waals surface area (Å²) in [4.78, 5) is 31.1. The number of nitrogens with two attached hydrogens (primary N) is 1. The molecule has 10 heteroatoms. The van der Waals surface area contributed by atoms with E-state index >= 15 is 0 Å². The minimum absolute atomic E-state index is 0.0113. The van der Waals surface area contributed by atoms with E-state index in [1.165, 1.54) is 12.1 Å². The van der Waals surface area contributed by atoms with E-state index in [1.807, 2.05) is 37.4 Å². The average Bonchev–Trinajstić information content (AvgIpc) is 2.98. The van der Waals surface area contributed by atoms with E-state index in [0.29, 0.717) is 17.5 Å². The summed E-state index contributed by atoms with van der Waals surface area (Å²) in [7, 11) is 4.16. The van der Waals surface area contributed by atoms with Gasteiger partial charge in [0.2, 0.25) is 5.91 Å². The van der Waals surface area contributed by atoms with E-state index in [1.54, 1.807) is 6.20 Å². The second kappa shape index (κ2) is 15.9. The molecule has 0 aliphatic carbocycles. The molecule has 0 saturated heterocycles. The molecule has 1 unspecified atom stereocenters. The van der Waals surface area contributed by atoms with Crippen LogP contribution in [0.4, 0.5) is 13.2 Å². The molecule has 0 bridgehead atoms. The Hall–Kier alpha value is -3.34. The maximum atomic E-state index is 13.5. The fourth-order valence-corrected chi connectivity index (χ4v) is 5.21. The van der Waals surface area contributed by atoms with Crippen molar-refractivity contribution in [2.45, 2.75) is 63.7 Å². The normalized spacial score (nSPS) is 14.7. The molecular weight excluding hydrogens is 555 g/mol. The van der Waals surface area contributed by atoms with Crippen molar-refractivity contribution in [2.75, 3.05) is 40.3 Å². The van der Waals surface area contributed by atoms with Crippen molar-refractivity contribution in [3.63, 3.8) is 0 Å². The first-order valence-corrected chi connectivity index (χ1v) is 15.0. The van der Waals surface area contributed by atoms with Gasteiger partial charge in [0.15, 0.2) is 5.78 Å². The molecule has 4 N–H and O–H groups in total. The number of rotatable bonds is 17. The first kappa shape index (κ1) is 34.2. The molecule has 0 radical (unpaired) electrons. The predicted molar refractivity (Wildman–Crippen MR) is 164 cm³/mol. The molecule has 1 amide bonds. The lowest BCUT2D eigenvalue weighted by molar-refractivity contribution is -0.908. The topological polar surface area (TPSA) is 97.1 Å². The largest absolute Gasteiger partial charge is 0.416 e. The molecule has 1 heterocycles. The highest BCUT2D eigenvalue weighted by atomic mass is 19.4. The molecule has 1 aromatic heterocycles. The van der Waals surface area contributed by atoms with E-state index in [4.69, 9.17) is 5.73 Å². The fraction of sp³-hybridized carbons (Fsp3) is 0.485. The molecule has 3 atom stereocenters. The zero-order chi connectivity index (χ0) is 31.5. The van der Waals surface area contributed by atoms with Gasteiger partial charge in [0.05, 0.1) is 49.8 Å². The molecule has 0 saturated carbocycles. The highest BCUT2D eigenvalue weighted by Crippen LogP contribution is 2.29. The second-order valence-corrected chi connectivity index (χ2v) is 11.6. The highest BCUT2D eigenvalue weighted by molar-refractivity contribution is 5.92. The summed E-state index contributed by atoms with van der Waals surface area (Å²) in [6, 6.07) is 12.3. The minimum Gasteiger partial charge on any atom is -0.345 e. The number of amides is 1. The number of para-hydroxylation sites is 1. The molecule has 43 heavy (non-hydrogen) atoms. The third-order valence-corrected chi connectivity index (χ3v) is 7.95. The van der Waals surface area contributed by atoms with Crippen LogP contribution >= 0.6 is 0 Å². The van der Waals surface area contributed by atoms with Crippen LogP contribution in [0.3, 0.4) is 0 Å². The average molecular weight is 601 g/mol. The number of benzene rings is 2. The Bertz CT molecular complexity index is 1320. The van der Waals surface area contributed by atoms with Gasteiger partial charge in [0.25, 0.3) is 0 Å². The van der Waals surface area contributed by atoms with Crippen LogP contribution in [0.2, 0.25) is 0 Å². The van der Waals surface area contributed by atoms with Gasteiger partial charge in [-0.1, -0.05) is 43.7 Å². The molecule has 0 aliphatic heterocycles. The molecule has 0 spiro atoms. The molecule has 7 nitrogen and oxygen atoms in total. The van der Waals surface area contributed by atoms with Crippen LogP contribution < -0.4 is 16.4 Å². The highest BCUT2D eigenvalue weighted by Gasteiger charge is 2.31. The van der Waals surface area contributed by atoms with Crippen LogP contribution in [0.25, 0.3) is 10.9 Å². The quantitative estimate of drug-likeness (QED) is 0.196. The Morgan fingerprint density at radius 2 is 1.70 bits per heavy atom. The first-order valence-electron chi connectivity index (χ1n) is 15.0. The number of ketones is 1. The van der Waals surface area contributed by atoms with Crippen molar-refractivity contribution in [3.8, 4) is 0 Å². The number of carbonyl (C=O) groups is 2. The van der Waals surface area contributed by atoms with E-state index in [2.05, 4.69) is 29.6 Å².